The van der Waals surface area contributed by atoms with Crippen molar-refractivity contribution in [3.63, 3.8) is 0 Å². The van der Waals surface area contributed by atoms with Crippen LogP contribution < -0.4 is 4.90 Å². The number of benzene rings is 1. The summed E-state index contributed by atoms with van der Waals surface area (Å²) in [5.74, 6) is 1.03. The molecule has 0 radical (unpaired) electrons. The Bertz CT molecular complexity index is 816. The second kappa shape index (κ2) is 8.65. The Morgan fingerprint density at radius 3 is 2.50 bits per heavy atom. The van der Waals surface area contributed by atoms with E-state index >= 15 is 0 Å². The van der Waals surface area contributed by atoms with E-state index < -0.39 is 10.0 Å². The molecule has 0 atom stereocenters. The summed E-state index contributed by atoms with van der Waals surface area (Å²) >= 11 is 7.28. The maximum absolute atomic E-state index is 12.3. The summed E-state index contributed by atoms with van der Waals surface area (Å²) in [4.78, 5) is 6.74. The summed E-state index contributed by atoms with van der Waals surface area (Å²) in [5, 5.41) is 1.58. The van der Waals surface area contributed by atoms with E-state index in [4.69, 9.17) is 11.6 Å². The Kier molecular flexibility index (Phi) is 6.50. The van der Waals surface area contributed by atoms with E-state index in [2.05, 4.69) is 14.3 Å². The third kappa shape index (κ3) is 4.94. The average molecular weight is 415 g/mol. The molecule has 0 saturated carbocycles. The highest BCUT2D eigenvalue weighted by Gasteiger charge is 2.27. The lowest BCUT2D eigenvalue weighted by atomic mass is 10.1. The van der Waals surface area contributed by atoms with Crippen molar-refractivity contribution in [2.45, 2.75) is 26.2 Å². The maximum Gasteiger partial charge on any atom is 0.214 e. The molecule has 1 aromatic heterocycles. The normalized spacial score (nSPS) is 16.2. The number of hydrogen-bond acceptors (Lipinski definition) is 6. The zero-order valence-electron chi connectivity index (χ0n) is 14.8. The third-order valence-electron chi connectivity index (χ3n) is 4.39. The third-order valence-corrected chi connectivity index (χ3v) is 7.41. The second-order valence-electron chi connectivity index (χ2n) is 6.35. The van der Waals surface area contributed by atoms with Gasteiger partial charge in [0.1, 0.15) is 5.82 Å². The van der Waals surface area contributed by atoms with Crippen molar-refractivity contribution in [2.75, 3.05) is 36.8 Å². The molecule has 0 amide bonds. The van der Waals surface area contributed by atoms with E-state index in [1.165, 1.54) is 11.5 Å². The summed E-state index contributed by atoms with van der Waals surface area (Å²) in [6.45, 7) is 4.34. The van der Waals surface area contributed by atoms with Gasteiger partial charge in [-0.2, -0.15) is 8.68 Å². The van der Waals surface area contributed by atoms with E-state index in [0.717, 1.165) is 22.9 Å². The van der Waals surface area contributed by atoms with Crippen LogP contribution in [0, 0.1) is 0 Å². The molecule has 1 saturated heterocycles. The molecule has 1 aliphatic rings. The first kappa shape index (κ1) is 19.5. The smallest absolute Gasteiger partial charge is 0.214 e. The first-order chi connectivity index (χ1) is 12.5. The fourth-order valence-corrected chi connectivity index (χ4v) is 5.34. The highest BCUT2D eigenvalue weighted by molar-refractivity contribution is 7.89. The molecule has 2 heterocycles. The van der Waals surface area contributed by atoms with Gasteiger partial charge in [0.2, 0.25) is 15.2 Å². The lowest BCUT2D eigenvalue weighted by Crippen LogP contribution is -2.49. The molecule has 0 bridgehead atoms. The highest BCUT2D eigenvalue weighted by atomic mass is 35.5. The van der Waals surface area contributed by atoms with Crippen molar-refractivity contribution in [3.8, 4) is 0 Å². The molecule has 1 aliphatic heterocycles. The van der Waals surface area contributed by atoms with Gasteiger partial charge in [-0.15, -0.1) is 0 Å². The van der Waals surface area contributed by atoms with Crippen molar-refractivity contribution in [1.82, 2.24) is 13.7 Å². The van der Waals surface area contributed by atoms with Gasteiger partial charge >= 0.3 is 0 Å². The number of sulfonamides is 1. The van der Waals surface area contributed by atoms with Crippen LogP contribution in [-0.4, -0.2) is 54.0 Å². The molecular formula is C17H23ClN4O2S2. The molecule has 1 aromatic carbocycles. The Morgan fingerprint density at radius 1 is 1.15 bits per heavy atom. The zero-order chi connectivity index (χ0) is 18.6. The molecule has 3 rings (SSSR count). The van der Waals surface area contributed by atoms with Gasteiger partial charge in [-0.05, 0) is 24.1 Å². The maximum atomic E-state index is 12.3. The number of rotatable bonds is 7. The standard InChI is InChI=1S/C17H23ClN4O2S2/c1-2-3-12-26(23,24)22-10-8-21(9-11-22)17-19-16(20-25-17)13-14-4-6-15(18)7-5-14/h4-7H,2-3,8-13H2,1H3. The van der Waals surface area contributed by atoms with E-state index in [9.17, 15) is 8.42 Å². The van der Waals surface area contributed by atoms with Gasteiger partial charge in [0, 0.05) is 49.2 Å². The topological polar surface area (TPSA) is 66.4 Å². The van der Waals surface area contributed by atoms with Crippen LogP contribution in [0.15, 0.2) is 24.3 Å². The van der Waals surface area contributed by atoms with Gasteiger partial charge in [-0.1, -0.05) is 37.1 Å². The van der Waals surface area contributed by atoms with E-state index in [0.29, 0.717) is 44.0 Å². The summed E-state index contributed by atoms with van der Waals surface area (Å²) in [6.07, 6.45) is 2.27. The molecule has 0 unspecified atom stereocenters. The zero-order valence-corrected chi connectivity index (χ0v) is 17.2. The predicted molar refractivity (Wildman–Crippen MR) is 107 cm³/mol. The van der Waals surface area contributed by atoms with Gasteiger partial charge in [0.15, 0.2) is 0 Å². The molecule has 1 fully saturated rings. The monoisotopic (exact) mass is 414 g/mol. The quantitative estimate of drug-likeness (QED) is 0.696. The van der Waals surface area contributed by atoms with Crippen molar-refractivity contribution in [1.29, 1.82) is 0 Å². The molecule has 0 N–H and O–H groups in total. The minimum Gasteiger partial charge on any atom is -0.344 e. The number of nitrogens with zero attached hydrogens (tertiary/aromatic N) is 4. The van der Waals surface area contributed by atoms with Crippen LogP contribution in [0.4, 0.5) is 5.13 Å². The van der Waals surface area contributed by atoms with Crippen molar-refractivity contribution < 1.29 is 8.42 Å². The Labute approximate surface area is 164 Å². The van der Waals surface area contributed by atoms with Gasteiger partial charge in [0.05, 0.1) is 5.75 Å². The van der Waals surface area contributed by atoms with Crippen molar-refractivity contribution >= 4 is 38.3 Å². The highest BCUT2D eigenvalue weighted by Crippen LogP contribution is 2.22. The fourth-order valence-electron chi connectivity index (χ4n) is 2.84. The van der Waals surface area contributed by atoms with E-state index in [1.54, 1.807) is 4.31 Å². The summed E-state index contributed by atoms with van der Waals surface area (Å²) < 4.78 is 30.6. The Balaban J connectivity index is 1.57. The van der Waals surface area contributed by atoms with E-state index in [-0.39, 0.29) is 5.75 Å². The summed E-state index contributed by atoms with van der Waals surface area (Å²) in [7, 11) is -3.13. The molecule has 2 aromatic rings. The number of halogens is 1. The average Bonchev–Trinajstić information content (AvgIpc) is 3.11. The first-order valence-electron chi connectivity index (χ1n) is 8.78. The van der Waals surface area contributed by atoms with Crippen LogP contribution in [0.25, 0.3) is 0 Å². The predicted octanol–water partition coefficient (Wildman–Crippen LogP) is 3.03. The van der Waals surface area contributed by atoms with E-state index in [1.807, 2.05) is 31.2 Å². The molecule has 0 spiro atoms. The minimum atomic E-state index is -3.13. The lowest BCUT2D eigenvalue weighted by molar-refractivity contribution is 0.384. The SMILES string of the molecule is CCCCS(=O)(=O)N1CCN(c2nc(Cc3ccc(Cl)cc3)ns2)CC1. The van der Waals surface area contributed by atoms with Crippen LogP contribution >= 0.6 is 23.1 Å². The van der Waals surface area contributed by atoms with Gasteiger partial charge in [-0.3, -0.25) is 0 Å². The molecule has 6 nitrogen and oxygen atoms in total. The first-order valence-corrected chi connectivity index (χ1v) is 11.5. The summed E-state index contributed by atoms with van der Waals surface area (Å²) in [6, 6.07) is 7.68. The van der Waals surface area contributed by atoms with Crippen molar-refractivity contribution in [3.05, 3.63) is 40.7 Å². The molecule has 0 aliphatic carbocycles. The number of aromatic nitrogens is 2. The van der Waals surface area contributed by atoms with Gasteiger partial charge in [-0.25, -0.2) is 13.4 Å². The fraction of sp³-hybridized carbons (Fsp3) is 0.529. The Morgan fingerprint density at radius 2 is 1.85 bits per heavy atom. The number of piperazine rings is 1. The Hall–Kier alpha value is -1.22. The minimum absolute atomic E-state index is 0.244. The van der Waals surface area contributed by atoms with Crippen molar-refractivity contribution in [2.24, 2.45) is 0 Å². The van der Waals surface area contributed by atoms with Gasteiger partial charge in [0.25, 0.3) is 0 Å². The molecule has 26 heavy (non-hydrogen) atoms. The molecule has 9 heteroatoms. The number of hydrogen-bond donors (Lipinski definition) is 0. The van der Waals surface area contributed by atoms with Crippen LogP contribution in [0.2, 0.25) is 5.02 Å². The van der Waals surface area contributed by atoms with Crippen LogP contribution in [0.3, 0.4) is 0 Å². The van der Waals surface area contributed by atoms with Crippen LogP contribution in [-0.2, 0) is 16.4 Å². The van der Waals surface area contributed by atoms with Crippen LogP contribution in [0.5, 0.6) is 0 Å². The molecule has 142 valence electrons. The van der Waals surface area contributed by atoms with Gasteiger partial charge < -0.3 is 4.90 Å². The number of unbranched alkanes of at least 4 members (excludes halogenated alkanes) is 1. The molecular weight excluding hydrogens is 392 g/mol. The summed E-state index contributed by atoms with van der Waals surface area (Å²) in [5.41, 5.74) is 1.12. The largest absolute Gasteiger partial charge is 0.344 e. The number of anilines is 1. The van der Waals surface area contributed by atoms with Crippen LogP contribution in [0.1, 0.15) is 31.2 Å². The second-order valence-corrected chi connectivity index (χ2v) is 9.61. The lowest BCUT2D eigenvalue weighted by Gasteiger charge is -2.33.